The number of hydrogen-bond donors (Lipinski definition) is 1. The molecular formula is C13H14N2O2. The third-order valence-corrected chi connectivity index (χ3v) is 2.75. The van der Waals surface area contributed by atoms with Crippen molar-refractivity contribution in [2.75, 3.05) is 0 Å². The highest BCUT2D eigenvalue weighted by molar-refractivity contribution is 5.69. The Morgan fingerprint density at radius 3 is 2.76 bits per heavy atom. The number of carboxylic acid groups (broad SMARTS) is 1. The lowest BCUT2D eigenvalue weighted by atomic mass is 10.1. The van der Waals surface area contributed by atoms with Crippen LogP contribution in [0.5, 0.6) is 0 Å². The maximum Gasteiger partial charge on any atom is 0.307 e. The Kier molecular flexibility index (Phi) is 2.95. The molecule has 0 unspecified atom stereocenters. The van der Waals surface area contributed by atoms with Crippen LogP contribution in [0.1, 0.15) is 16.7 Å². The van der Waals surface area contributed by atoms with Crippen molar-refractivity contribution < 1.29 is 9.90 Å². The van der Waals surface area contributed by atoms with Crippen molar-refractivity contribution in [3.05, 3.63) is 47.3 Å². The van der Waals surface area contributed by atoms with Gasteiger partial charge in [0.05, 0.1) is 18.3 Å². The van der Waals surface area contributed by atoms with Gasteiger partial charge in [-0.25, -0.2) is 4.68 Å². The van der Waals surface area contributed by atoms with Crippen LogP contribution >= 0.6 is 0 Å². The van der Waals surface area contributed by atoms with E-state index in [0.717, 1.165) is 5.69 Å². The number of carbonyl (C=O) groups is 1. The maximum atomic E-state index is 10.6. The summed E-state index contributed by atoms with van der Waals surface area (Å²) in [6, 6.07) is 6.04. The number of nitrogens with zero attached hydrogens (tertiary/aromatic N) is 2. The summed E-state index contributed by atoms with van der Waals surface area (Å²) in [6.45, 7) is 4.10. The van der Waals surface area contributed by atoms with Gasteiger partial charge in [0.15, 0.2) is 0 Å². The smallest absolute Gasteiger partial charge is 0.307 e. The molecule has 0 amide bonds. The van der Waals surface area contributed by atoms with E-state index in [4.69, 9.17) is 5.11 Å². The molecule has 0 spiro atoms. The summed E-state index contributed by atoms with van der Waals surface area (Å²) < 4.78 is 1.70. The van der Waals surface area contributed by atoms with Crippen molar-refractivity contribution in [3.8, 4) is 5.69 Å². The van der Waals surface area contributed by atoms with Gasteiger partial charge in [0.2, 0.25) is 0 Å². The molecule has 2 aromatic rings. The summed E-state index contributed by atoms with van der Waals surface area (Å²) in [6.07, 6.45) is 3.34. The molecule has 0 saturated heterocycles. The molecule has 17 heavy (non-hydrogen) atoms. The van der Waals surface area contributed by atoms with E-state index in [9.17, 15) is 4.79 Å². The lowest BCUT2D eigenvalue weighted by Gasteiger charge is -2.04. The number of hydrogen-bond acceptors (Lipinski definition) is 2. The van der Waals surface area contributed by atoms with E-state index in [-0.39, 0.29) is 6.42 Å². The third-order valence-electron chi connectivity index (χ3n) is 2.75. The van der Waals surface area contributed by atoms with Crippen LogP contribution in [0.3, 0.4) is 0 Å². The van der Waals surface area contributed by atoms with E-state index >= 15 is 0 Å². The second-order valence-corrected chi connectivity index (χ2v) is 4.13. The average molecular weight is 230 g/mol. The fourth-order valence-electron chi connectivity index (χ4n) is 1.64. The average Bonchev–Trinajstić information content (AvgIpc) is 2.69. The predicted octanol–water partition coefficient (Wildman–Crippen LogP) is 2.12. The first-order valence-corrected chi connectivity index (χ1v) is 5.39. The molecular weight excluding hydrogens is 216 g/mol. The predicted molar refractivity (Wildman–Crippen MR) is 64.4 cm³/mol. The molecule has 1 aromatic carbocycles. The second kappa shape index (κ2) is 4.41. The molecule has 0 saturated carbocycles. The van der Waals surface area contributed by atoms with Crippen molar-refractivity contribution in [2.45, 2.75) is 20.3 Å². The van der Waals surface area contributed by atoms with E-state index in [1.165, 1.54) is 11.1 Å². The van der Waals surface area contributed by atoms with Crippen molar-refractivity contribution >= 4 is 5.97 Å². The van der Waals surface area contributed by atoms with Gasteiger partial charge in [0.25, 0.3) is 0 Å². The third kappa shape index (κ3) is 2.53. The van der Waals surface area contributed by atoms with Crippen LogP contribution in [0.4, 0.5) is 0 Å². The lowest BCUT2D eigenvalue weighted by Crippen LogP contribution is -1.99. The van der Waals surface area contributed by atoms with Gasteiger partial charge in [-0.1, -0.05) is 6.07 Å². The van der Waals surface area contributed by atoms with Crippen molar-refractivity contribution in [1.82, 2.24) is 9.78 Å². The van der Waals surface area contributed by atoms with Crippen LogP contribution in [0.25, 0.3) is 5.69 Å². The van der Waals surface area contributed by atoms with Gasteiger partial charge in [0.1, 0.15) is 0 Å². The molecule has 0 bridgehead atoms. The Morgan fingerprint density at radius 2 is 2.12 bits per heavy atom. The van der Waals surface area contributed by atoms with Gasteiger partial charge in [-0.15, -0.1) is 0 Å². The monoisotopic (exact) mass is 230 g/mol. The van der Waals surface area contributed by atoms with Crippen LogP contribution in [-0.4, -0.2) is 20.9 Å². The van der Waals surface area contributed by atoms with Gasteiger partial charge in [-0.05, 0) is 37.1 Å². The highest BCUT2D eigenvalue weighted by Crippen LogP contribution is 2.14. The quantitative estimate of drug-likeness (QED) is 0.878. The molecule has 1 heterocycles. The SMILES string of the molecule is Cc1ccc(-n2cc(CC(=O)O)cn2)cc1C. The minimum atomic E-state index is -0.843. The molecule has 0 aliphatic carbocycles. The van der Waals surface area contributed by atoms with Crippen molar-refractivity contribution in [3.63, 3.8) is 0 Å². The molecule has 0 atom stereocenters. The zero-order chi connectivity index (χ0) is 12.4. The number of aliphatic carboxylic acids is 1. The zero-order valence-corrected chi connectivity index (χ0v) is 9.84. The summed E-state index contributed by atoms with van der Waals surface area (Å²) in [4.78, 5) is 10.6. The largest absolute Gasteiger partial charge is 0.481 e. The molecule has 0 aliphatic rings. The Bertz CT molecular complexity index is 558. The summed E-state index contributed by atoms with van der Waals surface area (Å²) in [5, 5.41) is 12.9. The van der Waals surface area contributed by atoms with Gasteiger partial charge in [-0.2, -0.15) is 5.10 Å². The molecule has 4 nitrogen and oxygen atoms in total. The highest BCUT2D eigenvalue weighted by atomic mass is 16.4. The molecule has 1 N–H and O–H groups in total. The molecule has 0 radical (unpaired) electrons. The van der Waals surface area contributed by atoms with E-state index in [1.807, 2.05) is 25.1 Å². The molecule has 2 rings (SSSR count). The molecule has 1 aromatic heterocycles. The minimum absolute atomic E-state index is 0.00481. The topological polar surface area (TPSA) is 55.1 Å². The second-order valence-electron chi connectivity index (χ2n) is 4.13. The molecule has 0 aliphatic heterocycles. The van der Waals surface area contributed by atoms with Crippen LogP contribution in [0, 0.1) is 13.8 Å². The normalized spacial score (nSPS) is 10.5. The standard InChI is InChI=1S/C13H14N2O2/c1-9-3-4-12(5-10(9)2)15-8-11(7-14-15)6-13(16)17/h3-5,7-8H,6H2,1-2H3,(H,16,17). The summed E-state index contributed by atoms with van der Waals surface area (Å²) in [7, 11) is 0. The highest BCUT2D eigenvalue weighted by Gasteiger charge is 2.05. The van der Waals surface area contributed by atoms with Crippen molar-refractivity contribution in [1.29, 1.82) is 0 Å². The van der Waals surface area contributed by atoms with Gasteiger partial charge in [0, 0.05) is 11.8 Å². The Morgan fingerprint density at radius 1 is 1.35 bits per heavy atom. The summed E-state index contributed by atoms with van der Waals surface area (Å²) in [5.41, 5.74) is 4.07. The number of aryl methyl sites for hydroxylation is 2. The fourth-order valence-corrected chi connectivity index (χ4v) is 1.64. The van der Waals surface area contributed by atoms with Crippen molar-refractivity contribution in [2.24, 2.45) is 0 Å². The van der Waals surface area contributed by atoms with Gasteiger partial charge >= 0.3 is 5.97 Å². The number of aromatic nitrogens is 2. The fraction of sp³-hybridized carbons (Fsp3) is 0.231. The molecule has 88 valence electrons. The molecule has 0 fully saturated rings. The number of carboxylic acids is 1. The molecule has 4 heteroatoms. The number of benzene rings is 1. The van der Waals surface area contributed by atoms with Gasteiger partial charge in [-0.3, -0.25) is 4.79 Å². The van der Waals surface area contributed by atoms with Gasteiger partial charge < -0.3 is 5.11 Å². The number of rotatable bonds is 3. The first-order chi connectivity index (χ1) is 8.06. The lowest BCUT2D eigenvalue weighted by molar-refractivity contribution is -0.136. The van der Waals surface area contributed by atoms with E-state index in [2.05, 4.69) is 12.0 Å². The van der Waals surface area contributed by atoms with E-state index in [1.54, 1.807) is 17.1 Å². The summed E-state index contributed by atoms with van der Waals surface area (Å²) >= 11 is 0. The first kappa shape index (κ1) is 11.4. The minimum Gasteiger partial charge on any atom is -0.481 e. The first-order valence-electron chi connectivity index (χ1n) is 5.39. The van der Waals surface area contributed by atoms with Crippen LogP contribution < -0.4 is 0 Å². The van der Waals surface area contributed by atoms with E-state index in [0.29, 0.717) is 5.56 Å². The summed E-state index contributed by atoms with van der Waals surface area (Å²) in [5.74, 6) is -0.843. The Balaban J connectivity index is 2.30. The van der Waals surface area contributed by atoms with Crippen LogP contribution in [0.15, 0.2) is 30.6 Å². The maximum absolute atomic E-state index is 10.6. The Hall–Kier alpha value is -2.10. The van der Waals surface area contributed by atoms with E-state index < -0.39 is 5.97 Å². The van der Waals surface area contributed by atoms with Crippen LogP contribution in [-0.2, 0) is 11.2 Å². The Labute approximate surface area is 99.5 Å². The van der Waals surface area contributed by atoms with Crippen LogP contribution in [0.2, 0.25) is 0 Å². The zero-order valence-electron chi connectivity index (χ0n) is 9.84.